The minimum Gasteiger partial charge on any atom is -0.349 e. The van der Waals surface area contributed by atoms with Crippen molar-refractivity contribution in [3.8, 4) is 0 Å². The molecule has 1 amide bonds. The van der Waals surface area contributed by atoms with Crippen LogP contribution in [-0.4, -0.2) is 46.9 Å². The van der Waals surface area contributed by atoms with Crippen LogP contribution in [0.25, 0.3) is 4.96 Å². The molecule has 1 aliphatic rings. The molecule has 2 N–H and O–H groups in total. The summed E-state index contributed by atoms with van der Waals surface area (Å²) in [5.74, 6) is 0.983. The smallest absolute Gasteiger partial charge is 0.242 e. The van der Waals surface area contributed by atoms with E-state index < -0.39 is 0 Å². The number of imidazole rings is 1. The predicted octanol–water partition coefficient (Wildman–Crippen LogP) is 0.913. The molecular weight excluding hydrogens is 274 g/mol. The highest BCUT2D eigenvalue weighted by Gasteiger charge is 2.22. The highest BCUT2D eigenvalue weighted by Crippen LogP contribution is 2.23. The topological polar surface area (TPSA) is 66.9 Å². The number of nitrogens with two attached hydrogens (primary N) is 1. The van der Waals surface area contributed by atoms with Crippen molar-refractivity contribution >= 4 is 28.0 Å². The van der Waals surface area contributed by atoms with E-state index in [2.05, 4.69) is 4.98 Å². The standard InChI is InChI=1S/C13H19N5OS/c1-16(9-11(19)17-4-2-3-5-17)12-10(8-14)18-6-7-20-13(18)15-12/h6-7H,2-5,8-9,14H2,1H3. The summed E-state index contributed by atoms with van der Waals surface area (Å²) in [4.78, 5) is 21.5. The van der Waals surface area contributed by atoms with Gasteiger partial charge in [-0.25, -0.2) is 4.98 Å². The van der Waals surface area contributed by atoms with Crippen molar-refractivity contribution in [1.82, 2.24) is 14.3 Å². The summed E-state index contributed by atoms with van der Waals surface area (Å²) < 4.78 is 2.00. The Balaban J connectivity index is 1.79. The number of rotatable bonds is 4. The molecule has 6 nitrogen and oxygen atoms in total. The lowest BCUT2D eigenvalue weighted by Crippen LogP contribution is -2.37. The van der Waals surface area contributed by atoms with Crippen molar-refractivity contribution in [3.05, 3.63) is 17.3 Å². The molecule has 0 atom stereocenters. The average molecular weight is 293 g/mol. The maximum Gasteiger partial charge on any atom is 0.242 e. The number of carbonyl (C=O) groups excluding carboxylic acids is 1. The summed E-state index contributed by atoms with van der Waals surface area (Å²) in [7, 11) is 1.90. The normalized spacial score (nSPS) is 15.2. The Hall–Kier alpha value is -1.60. The number of amides is 1. The third-order valence-electron chi connectivity index (χ3n) is 3.73. The second-order valence-corrected chi connectivity index (χ2v) is 5.96. The van der Waals surface area contributed by atoms with Crippen molar-refractivity contribution in [2.45, 2.75) is 19.4 Å². The van der Waals surface area contributed by atoms with E-state index in [0.717, 1.165) is 42.4 Å². The Kier molecular flexibility index (Phi) is 3.62. The molecule has 20 heavy (non-hydrogen) atoms. The number of likely N-dealkylation sites (N-methyl/N-ethyl adjacent to an activating group) is 1. The van der Waals surface area contributed by atoms with Crippen LogP contribution in [0.5, 0.6) is 0 Å². The van der Waals surface area contributed by atoms with Crippen LogP contribution in [0.2, 0.25) is 0 Å². The van der Waals surface area contributed by atoms with Crippen LogP contribution >= 0.6 is 11.3 Å². The fraction of sp³-hybridized carbons (Fsp3) is 0.538. The zero-order valence-electron chi connectivity index (χ0n) is 11.6. The second kappa shape index (κ2) is 5.41. The molecule has 0 aliphatic carbocycles. The molecule has 1 saturated heterocycles. The number of carbonyl (C=O) groups is 1. The molecule has 7 heteroatoms. The molecule has 0 radical (unpaired) electrons. The van der Waals surface area contributed by atoms with Gasteiger partial charge in [0.05, 0.1) is 12.2 Å². The fourth-order valence-corrected chi connectivity index (χ4v) is 3.39. The highest BCUT2D eigenvalue weighted by molar-refractivity contribution is 7.15. The quantitative estimate of drug-likeness (QED) is 0.910. The summed E-state index contributed by atoms with van der Waals surface area (Å²) in [6, 6.07) is 0. The van der Waals surface area contributed by atoms with Gasteiger partial charge in [-0.15, -0.1) is 11.3 Å². The number of thiazole rings is 1. The second-order valence-electron chi connectivity index (χ2n) is 5.09. The molecule has 3 heterocycles. The van der Waals surface area contributed by atoms with E-state index >= 15 is 0 Å². The monoisotopic (exact) mass is 293 g/mol. The van der Waals surface area contributed by atoms with Gasteiger partial charge in [0.15, 0.2) is 10.8 Å². The van der Waals surface area contributed by atoms with E-state index in [1.165, 1.54) is 0 Å². The van der Waals surface area contributed by atoms with Crippen molar-refractivity contribution in [1.29, 1.82) is 0 Å². The summed E-state index contributed by atoms with van der Waals surface area (Å²) in [6.45, 7) is 2.54. The van der Waals surface area contributed by atoms with Crippen LogP contribution in [-0.2, 0) is 11.3 Å². The van der Waals surface area contributed by atoms with Crippen molar-refractivity contribution in [2.75, 3.05) is 31.6 Å². The lowest BCUT2D eigenvalue weighted by Gasteiger charge is -2.22. The number of likely N-dealkylation sites (tertiary alicyclic amines) is 1. The maximum atomic E-state index is 12.2. The third kappa shape index (κ3) is 2.27. The first-order valence-corrected chi connectivity index (χ1v) is 7.72. The lowest BCUT2D eigenvalue weighted by atomic mass is 10.3. The number of anilines is 1. The number of aromatic nitrogens is 2. The molecule has 0 saturated carbocycles. The van der Waals surface area contributed by atoms with E-state index in [1.807, 2.05) is 32.8 Å². The Morgan fingerprint density at radius 1 is 1.50 bits per heavy atom. The summed E-state index contributed by atoms with van der Waals surface area (Å²) in [5, 5.41) is 1.99. The molecule has 1 fully saturated rings. The lowest BCUT2D eigenvalue weighted by molar-refractivity contribution is -0.128. The largest absolute Gasteiger partial charge is 0.349 e. The van der Waals surface area contributed by atoms with E-state index in [0.29, 0.717) is 13.1 Å². The van der Waals surface area contributed by atoms with Crippen LogP contribution < -0.4 is 10.6 Å². The molecule has 0 unspecified atom stereocenters. The van der Waals surface area contributed by atoms with Crippen LogP contribution in [0.3, 0.4) is 0 Å². The van der Waals surface area contributed by atoms with Gasteiger partial charge in [-0.2, -0.15) is 0 Å². The summed E-state index contributed by atoms with van der Waals surface area (Å²) in [5.41, 5.74) is 6.79. The van der Waals surface area contributed by atoms with Crippen LogP contribution in [0.1, 0.15) is 18.5 Å². The van der Waals surface area contributed by atoms with Gasteiger partial charge < -0.3 is 15.5 Å². The molecule has 108 valence electrons. The average Bonchev–Trinajstić information content (AvgIpc) is 3.14. The van der Waals surface area contributed by atoms with Crippen LogP contribution in [0, 0.1) is 0 Å². The first-order valence-electron chi connectivity index (χ1n) is 6.84. The number of hydrogen-bond donors (Lipinski definition) is 1. The van der Waals surface area contributed by atoms with Crippen molar-refractivity contribution < 1.29 is 4.79 Å². The Labute approximate surface area is 121 Å². The zero-order valence-corrected chi connectivity index (χ0v) is 12.4. The van der Waals surface area contributed by atoms with E-state index in [4.69, 9.17) is 5.73 Å². The maximum absolute atomic E-state index is 12.2. The van der Waals surface area contributed by atoms with Crippen molar-refractivity contribution in [3.63, 3.8) is 0 Å². The molecule has 2 aromatic heterocycles. The van der Waals surface area contributed by atoms with E-state index in [-0.39, 0.29) is 5.91 Å². The van der Waals surface area contributed by atoms with Gasteiger partial charge in [-0.3, -0.25) is 9.20 Å². The molecule has 0 spiro atoms. The van der Waals surface area contributed by atoms with Gasteiger partial charge in [0.25, 0.3) is 0 Å². The van der Waals surface area contributed by atoms with Gasteiger partial charge in [0.2, 0.25) is 5.91 Å². The van der Waals surface area contributed by atoms with E-state index in [9.17, 15) is 4.79 Å². The summed E-state index contributed by atoms with van der Waals surface area (Å²) in [6.07, 6.45) is 4.20. The SMILES string of the molecule is CN(CC(=O)N1CCCC1)c1nc2sccn2c1CN. The number of hydrogen-bond acceptors (Lipinski definition) is 5. The molecule has 1 aliphatic heterocycles. The van der Waals surface area contributed by atoms with Crippen LogP contribution in [0.4, 0.5) is 5.82 Å². The summed E-state index contributed by atoms with van der Waals surface area (Å²) >= 11 is 1.57. The molecule has 2 aromatic rings. The zero-order chi connectivity index (χ0) is 14.1. The highest BCUT2D eigenvalue weighted by atomic mass is 32.1. The van der Waals surface area contributed by atoms with Gasteiger partial charge in [-0.05, 0) is 12.8 Å². The fourth-order valence-electron chi connectivity index (χ4n) is 2.66. The first kappa shape index (κ1) is 13.4. The van der Waals surface area contributed by atoms with Gasteiger partial charge in [0.1, 0.15) is 0 Å². The molecule has 0 aromatic carbocycles. The Morgan fingerprint density at radius 3 is 2.95 bits per heavy atom. The Morgan fingerprint density at radius 2 is 2.25 bits per heavy atom. The third-order valence-corrected chi connectivity index (χ3v) is 4.48. The minimum absolute atomic E-state index is 0.171. The Bertz CT molecular complexity index is 613. The molecule has 3 rings (SSSR count). The first-order chi connectivity index (χ1) is 9.70. The van der Waals surface area contributed by atoms with Crippen LogP contribution in [0.15, 0.2) is 11.6 Å². The predicted molar refractivity (Wildman–Crippen MR) is 80.0 cm³/mol. The number of fused-ring (bicyclic) bond motifs is 1. The van der Waals surface area contributed by atoms with Gasteiger partial charge in [-0.1, -0.05) is 0 Å². The van der Waals surface area contributed by atoms with E-state index in [1.54, 1.807) is 11.3 Å². The molecule has 0 bridgehead atoms. The minimum atomic E-state index is 0.171. The van der Waals surface area contributed by atoms with Gasteiger partial charge in [0, 0.05) is 38.3 Å². The number of nitrogens with zero attached hydrogens (tertiary/aromatic N) is 4. The van der Waals surface area contributed by atoms with Gasteiger partial charge >= 0.3 is 0 Å². The molecular formula is C13H19N5OS. The van der Waals surface area contributed by atoms with Crippen molar-refractivity contribution in [2.24, 2.45) is 5.73 Å².